The zero-order valence-corrected chi connectivity index (χ0v) is 11.0. The predicted molar refractivity (Wildman–Crippen MR) is 73.0 cm³/mol. The van der Waals surface area contributed by atoms with Crippen LogP contribution in [0.2, 0.25) is 0 Å². The highest BCUT2D eigenvalue weighted by molar-refractivity contribution is 7.15. The zero-order valence-electron chi connectivity index (χ0n) is 10.2. The van der Waals surface area contributed by atoms with Gasteiger partial charge in [0.05, 0.1) is 4.92 Å². The molecule has 1 N–H and O–H groups in total. The summed E-state index contributed by atoms with van der Waals surface area (Å²) in [6, 6.07) is 3.69. The highest BCUT2D eigenvalue weighted by Crippen LogP contribution is 2.34. The highest BCUT2D eigenvalue weighted by Gasteiger charge is 2.24. The first-order chi connectivity index (χ1) is 8.72. The largest absolute Gasteiger partial charge is 0.324 e. The molecular formula is C12H17N3O2S. The van der Waals surface area contributed by atoms with Gasteiger partial charge in [0, 0.05) is 43.2 Å². The minimum atomic E-state index is -0.323. The monoisotopic (exact) mass is 267 g/mol. The molecule has 1 aliphatic heterocycles. The van der Waals surface area contributed by atoms with Gasteiger partial charge in [-0.3, -0.25) is 15.0 Å². The quantitative estimate of drug-likeness (QED) is 0.504. The van der Waals surface area contributed by atoms with E-state index in [0.29, 0.717) is 0 Å². The third-order valence-electron chi connectivity index (χ3n) is 3.10. The molecule has 0 aliphatic carbocycles. The van der Waals surface area contributed by atoms with Crippen LogP contribution in [0.15, 0.2) is 24.8 Å². The number of piperazine rings is 1. The molecule has 18 heavy (non-hydrogen) atoms. The topological polar surface area (TPSA) is 58.4 Å². The maximum absolute atomic E-state index is 10.7. The van der Waals surface area contributed by atoms with E-state index < -0.39 is 0 Å². The maximum Gasteiger partial charge on any atom is 0.324 e. The van der Waals surface area contributed by atoms with E-state index in [4.69, 9.17) is 0 Å². The van der Waals surface area contributed by atoms with E-state index in [9.17, 15) is 10.1 Å². The van der Waals surface area contributed by atoms with Gasteiger partial charge in [0.1, 0.15) is 0 Å². The fourth-order valence-electron chi connectivity index (χ4n) is 2.22. The first-order valence-corrected chi connectivity index (χ1v) is 6.84. The third kappa shape index (κ3) is 2.95. The summed E-state index contributed by atoms with van der Waals surface area (Å²) in [4.78, 5) is 13.8. The van der Waals surface area contributed by atoms with Gasteiger partial charge in [-0.25, -0.2) is 0 Å². The molecule has 1 atom stereocenters. The van der Waals surface area contributed by atoms with Crippen molar-refractivity contribution in [1.29, 1.82) is 0 Å². The first kappa shape index (κ1) is 13.2. The average molecular weight is 267 g/mol. The lowest BCUT2D eigenvalue weighted by Gasteiger charge is -2.33. The second kappa shape index (κ2) is 6.08. The van der Waals surface area contributed by atoms with Gasteiger partial charge in [-0.2, -0.15) is 0 Å². The third-order valence-corrected chi connectivity index (χ3v) is 4.24. The van der Waals surface area contributed by atoms with Crippen LogP contribution in [-0.4, -0.2) is 36.0 Å². The summed E-state index contributed by atoms with van der Waals surface area (Å²) in [5.74, 6) is 0. The van der Waals surface area contributed by atoms with Crippen molar-refractivity contribution in [3.05, 3.63) is 39.8 Å². The summed E-state index contributed by atoms with van der Waals surface area (Å²) >= 11 is 1.27. The normalized spacial score (nSPS) is 18.4. The maximum atomic E-state index is 10.7. The summed E-state index contributed by atoms with van der Waals surface area (Å²) < 4.78 is 0. The lowest BCUT2D eigenvalue weighted by Crippen LogP contribution is -2.44. The number of thiophene rings is 1. The van der Waals surface area contributed by atoms with Gasteiger partial charge in [0.15, 0.2) is 0 Å². The van der Waals surface area contributed by atoms with Crippen LogP contribution >= 0.6 is 11.3 Å². The molecule has 0 saturated carbocycles. The first-order valence-electron chi connectivity index (χ1n) is 6.02. The van der Waals surface area contributed by atoms with Crippen molar-refractivity contribution in [2.24, 2.45) is 0 Å². The zero-order chi connectivity index (χ0) is 13.0. The van der Waals surface area contributed by atoms with Crippen LogP contribution in [0, 0.1) is 10.1 Å². The van der Waals surface area contributed by atoms with Crippen LogP contribution in [0.3, 0.4) is 0 Å². The summed E-state index contributed by atoms with van der Waals surface area (Å²) in [6.07, 6.45) is 2.72. The van der Waals surface area contributed by atoms with E-state index >= 15 is 0 Å². The molecule has 0 radical (unpaired) electrons. The Bertz CT molecular complexity index is 427. The van der Waals surface area contributed by atoms with Crippen LogP contribution in [0.1, 0.15) is 17.3 Å². The lowest BCUT2D eigenvalue weighted by molar-refractivity contribution is -0.380. The molecule has 98 valence electrons. The Morgan fingerprint density at radius 3 is 2.83 bits per heavy atom. The molecule has 1 aliphatic rings. The molecule has 1 saturated heterocycles. The van der Waals surface area contributed by atoms with Crippen LogP contribution in [0.5, 0.6) is 0 Å². The fourth-order valence-corrected chi connectivity index (χ4v) is 3.19. The Labute approximate surface area is 110 Å². The van der Waals surface area contributed by atoms with Gasteiger partial charge < -0.3 is 5.32 Å². The molecule has 0 aromatic carbocycles. The van der Waals surface area contributed by atoms with Crippen molar-refractivity contribution in [3.8, 4) is 0 Å². The molecule has 1 aromatic heterocycles. The lowest BCUT2D eigenvalue weighted by atomic mass is 10.1. The minimum absolute atomic E-state index is 0.217. The summed E-state index contributed by atoms with van der Waals surface area (Å²) in [5.41, 5.74) is 0. The van der Waals surface area contributed by atoms with Crippen molar-refractivity contribution in [1.82, 2.24) is 10.2 Å². The van der Waals surface area contributed by atoms with Crippen molar-refractivity contribution in [2.75, 3.05) is 26.2 Å². The van der Waals surface area contributed by atoms with Gasteiger partial charge in [-0.15, -0.1) is 6.58 Å². The molecule has 0 amide bonds. The second-order valence-electron chi connectivity index (χ2n) is 4.26. The minimum Gasteiger partial charge on any atom is -0.314 e. The Hall–Kier alpha value is -1.24. The van der Waals surface area contributed by atoms with Gasteiger partial charge in [-0.05, 0) is 12.5 Å². The second-order valence-corrected chi connectivity index (χ2v) is 5.35. The van der Waals surface area contributed by atoms with E-state index in [0.717, 1.165) is 37.5 Å². The smallest absolute Gasteiger partial charge is 0.314 e. The van der Waals surface area contributed by atoms with E-state index in [1.165, 1.54) is 11.3 Å². The van der Waals surface area contributed by atoms with E-state index in [1.807, 2.05) is 12.1 Å². The average Bonchev–Trinajstić information content (AvgIpc) is 2.86. The molecule has 5 nitrogen and oxygen atoms in total. The molecule has 0 bridgehead atoms. The Morgan fingerprint density at radius 1 is 1.56 bits per heavy atom. The van der Waals surface area contributed by atoms with Crippen LogP contribution in [0.25, 0.3) is 0 Å². The van der Waals surface area contributed by atoms with Gasteiger partial charge in [-0.1, -0.05) is 17.4 Å². The van der Waals surface area contributed by atoms with Crippen LogP contribution in [-0.2, 0) is 0 Å². The van der Waals surface area contributed by atoms with E-state index in [-0.39, 0.29) is 16.0 Å². The van der Waals surface area contributed by atoms with Crippen molar-refractivity contribution in [2.45, 2.75) is 12.5 Å². The van der Waals surface area contributed by atoms with Gasteiger partial charge in [0.2, 0.25) is 0 Å². The molecule has 6 heteroatoms. The summed E-state index contributed by atoms with van der Waals surface area (Å²) in [7, 11) is 0. The number of nitrogens with one attached hydrogen (secondary N) is 1. The molecule has 2 heterocycles. The van der Waals surface area contributed by atoms with E-state index in [1.54, 1.807) is 6.07 Å². The van der Waals surface area contributed by atoms with Crippen molar-refractivity contribution in [3.63, 3.8) is 0 Å². The van der Waals surface area contributed by atoms with Crippen molar-refractivity contribution < 1.29 is 4.92 Å². The SMILES string of the molecule is C=CC[C@@H](c1ccc([N+](=O)[O-])s1)N1CCNCC1. The predicted octanol–water partition coefficient (Wildman–Crippen LogP) is 2.18. The Morgan fingerprint density at radius 2 is 2.28 bits per heavy atom. The number of nitrogens with zero attached hydrogens (tertiary/aromatic N) is 2. The molecule has 1 aromatic rings. The van der Waals surface area contributed by atoms with Crippen molar-refractivity contribution >= 4 is 16.3 Å². The fraction of sp³-hybridized carbons (Fsp3) is 0.500. The molecule has 0 spiro atoms. The van der Waals surface area contributed by atoms with E-state index in [2.05, 4.69) is 16.8 Å². The summed E-state index contributed by atoms with van der Waals surface area (Å²) in [5, 5.41) is 14.3. The van der Waals surface area contributed by atoms with Crippen LogP contribution in [0.4, 0.5) is 5.00 Å². The van der Waals surface area contributed by atoms with Gasteiger partial charge >= 0.3 is 5.00 Å². The summed E-state index contributed by atoms with van der Waals surface area (Å²) in [6.45, 7) is 7.69. The molecule has 2 rings (SSSR count). The standard InChI is InChI=1S/C12H17N3O2S/c1-2-3-10(14-8-6-13-7-9-14)11-4-5-12(18-11)15(16)17/h2,4-5,10,13H,1,3,6-9H2/t10-/m0/s1. The van der Waals surface area contributed by atoms with Gasteiger partial charge in [0.25, 0.3) is 0 Å². The highest BCUT2D eigenvalue weighted by atomic mass is 32.1. The number of hydrogen-bond donors (Lipinski definition) is 1. The molecular weight excluding hydrogens is 250 g/mol. The Balaban J connectivity index is 2.16. The Kier molecular flexibility index (Phi) is 4.46. The molecule has 0 unspecified atom stereocenters. The number of hydrogen-bond acceptors (Lipinski definition) is 5. The number of nitro groups is 1. The number of rotatable bonds is 5. The van der Waals surface area contributed by atoms with Crippen LogP contribution < -0.4 is 5.32 Å². The molecule has 1 fully saturated rings.